The van der Waals surface area contributed by atoms with Gasteiger partial charge in [0.25, 0.3) is 5.91 Å². The summed E-state index contributed by atoms with van der Waals surface area (Å²) < 4.78 is 0. The number of carbonyl (C=O) groups is 1. The van der Waals surface area contributed by atoms with Crippen LogP contribution in [0.3, 0.4) is 0 Å². The summed E-state index contributed by atoms with van der Waals surface area (Å²) in [5.74, 6) is -0.0764. The third-order valence-electron chi connectivity index (χ3n) is 5.61. The van der Waals surface area contributed by atoms with Crippen molar-refractivity contribution >= 4 is 11.9 Å². The van der Waals surface area contributed by atoms with Gasteiger partial charge in [-0.15, -0.1) is 0 Å². The number of benzene rings is 2. The van der Waals surface area contributed by atoms with E-state index in [1.54, 1.807) is 25.5 Å². The molecule has 0 aliphatic rings. The Bertz CT molecular complexity index is 1210. The summed E-state index contributed by atoms with van der Waals surface area (Å²) in [4.78, 5) is 26.2. The molecule has 7 nitrogen and oxygen atoms in total. The lowest BCUT2D eigenvalue weighted by Crippen LogP contribution is -2.39. The molecule has 4 rings (SSSR count). The first kappa shape index (κ1) is 21.3. The molecule has 4 N–H and O–H groups in total. The molecular formula is C25H25N5O2. The Balaban J connectivity index is 1.60. The van der Waals surface area contributed by atoms with Crippen molar-refractivity contribution < 1.29 is 9.90 Å². The van der Waals surface area contributed by atoms with Crippen LogP contribution in [0.15, 0.2) is 79.1 Å². The number of aliphatic hydroxyl groups is 1. The van der Waals surface area contributed by atoms with E-state index in [-0.39, 0.29) is 11.9 Å². The number of nitrogen functional groups attached to an aromatic ring is 1. The van der Waals surface area contributed by atoms with Gasteiger partial charge in [0.1, 0.15) is 5.69 Å². The van der Waals surface area contributed by atoms with Crippen molar-refractivity contribution in [3.05, 3.63) is 90.4 Å². The van der Waals surface area contributed by atoms with E-state index in [0.29, 0.717) is 11.4 Å². The van der Waals surface area contributed by atoms with Crippen LogP contribution in [0.4, 0.5) is 5.95 Å². The Morgan fingerprint density at radius 1 is 1.06 bits per heavy atom. The first-order valence-electron chi connectivity index (χ1n) is 10.3. The Kier molecular flexibility index (Phi) is 6.00. The van der Waals surface area contributed by atoms with Crippen LogP contribution >= 0.6 is 0 Å². The molecule has 4 aromatic rings. The van der Waals surface area contributed by atoms with Gasteiger partial charge in [0.15, 0.2) is 0 Å². The van der Waals surface area contributed by atoms with E-state index in [1.807, 2.05) is 67.6 Å². The number of H-pyrrole nitrogens is 1. The van der Waals surface area contributed by atoms with E-state index < -0.39 is 12.1 Å². The number of nitrogens with one attached hydrogen (secondary N) is 1. The average Bonchev–Trinajstić information content (AvgIpc) is 3.33. The Hall–Kier alpha value is -3.97. The zero-order chi connectivity index (χ0) is 22.7. The normalized spacial score (nSPS) is 12.8. The third-order valence-corrected chi connectivity index (χ3v) is 5.61. The van der Waals surface area contributed by atoms with Crippen LogP contribution in [0.1, 0.15) is 29.1 Å². The highest BCUT2D eigenvalue weighted by Gasteiger charge is 2.26. The summed E-state index contributed by atoms with van der Waals surface area (Å²) in [7, 11) is 1.68. The Labute approximate surface area is 186 Å². The SMILES string of the molecule is CC(C(O)c1ccccc1)N(C)C(=O)c1cc(-c2nc(N)ncc2-c2ccccc2)c[nH]1. The van der Waals surface area contributed by atoms with Gasteiger partial charge in [-0.05, 0) is 24.1 Å². The van der Waals surface area contributed by atoms with Gasteiger partial charge in [0.2, 0.25) is 5.95 Å². The van der Waals surface area contributed by atoms with Crippen LogP contribution in [0.2, 0.25) is 0 Å². The van der Waals surface area contributed by atoms with Gasteiger partial charge >= 0.3 is 0 Å². The van der Waals surface area contributed by atoms with Crippen molar-refractivity contribution in [3.63, 3.8) is 0 Å². The highest BCUT2D eigenvalue weighted by Crippen LogP contribution is 2.31. The quantitative estimate of drug-likeness (QED) is 0.432. The maximum absolute atomic E-state index is 13.1. The maximum Gasteiger partial charge on any atom is 0.270 e. The lowest BCUT2D eigenvalue weighted by atomic mass is 10.0. The van der Waals surface area contributed by atoms with Gasteiger partial charge in [-0.25, -0.2) is 9.97 Å². The molecule has 0 aliphatic heterocycles. The number of anilines is 1. The molecule has 0 spiro atoms. The zero-order valence-electron chi connectivity index (χ0n) is 17.9. The van der Waals surface area contributed by atoms with Crippen LogP contribution in [0, 0.1) is 0 Å². The molecule has 2 aromatic heterocycles. The van der Waals surface area contributed by atoms with Gasteiger partial charge in [-0.2, -0.15) is 0 Å². The fourth-order valence-electron chi connectivity index (χ4n) is 3.61. The number of likely N-dealkylation sites (N-methyl/N-ethyl adjacent to an activating group) is 1. The molecule has 162 valence electrons. The molecule has 2 unspecified atom stereocenters. The summed E-state index contributed by atoms with van der Waals surface area (Å²) in [5.41, 5.74) is 10.1. The van der Waals surface area contributed by atoms with Gasteiger partial charge < -0.3 is 20.7 Å². The first-order valence-corrected chi connectivity index (χ1v) is 10.3. The van der Waals surface area contributed by atoms with Crippen LogP contribution in [-0.4, -0.2) is 44.0 Å². The van der Waals surface area contributed by atoms with Gasteiger partial charge in [0, 0.05) is 30.6 Å². The molecule has 0 saturated heterocycles. The number of nitrogens with two attached hydrogens (primary N) is 1. The fourth-order valence-corrected chi connectivity index (χ4v) is 3.61. The molecule has 7 heteroatoms. The molecule has 1 amide bonds. The van der Waals surface area contributed by atoms with Crippen LogP contribution in [0.5, 0.6) is 0 Å². The minimum Gasteiger partial charge on any atom is -0.386 e. The highest BCUT2D eigenvalue weighted by atomic mass is 16.3. The molecule has 2 heterocycles. The minimum atomic E-state index is -0.800. The first-order chi connectivity index (χ1) is 15.5. The van der Waals surface area contributed by atoms with E-state index in [1.165, 1.54) is 4.90 Å². The van der Waals surface area contributed by atoms with Crippen molar-refractivity contribution in [1.29, 1.82) is 0 Å². The van der Waals surface area contributed by atoms with Gasteiger partial charge in [-0.3, -0.25) is 4.79 Å². The number of hydrogen-bond donors (Lipinski definition) is 3. The van der Waals surface area contributed by atoms with E-state index in [0.717, 1.165) is 22.3 Å². The lowest BCUT2D eigenvalue weighted by Gasteiger charge is -2.29. The standard InChI is InChI=1S/C25H25N5O2/c1-16(23(31)18-11-7-4-8-12-18)30(2)24(32)21-13-19(14-27-21)22-20(15-28-25(26)29-22)17-9-5-3-6-10-17/h3-16,23,27,31H,1-2H3,(H2,26,28,29). The number of rotatable bonds is 6. The number of aromatic nitrogens is 3. The molecule has 0 fully saturated rings. The number of aromatic amines is 1. The molecule has 0 radical (unpaired) electrons. The molecule has 2 atom stereocenters. The van der Waals surface area contributed by atoms with Crippen molar-refractivity contribution in [2.75, 3.05) is 12.8 Å². The molecular weight excluding hydrogens is 402 g/mol. The van der Waals surface area contributed by atoms with Crippen LogP contribution < -0.4 is 5.73 Å². The fraction of sp³-hybridized carbons (Fsp3) is 0.160. The van der Waals surface area contributed by atoms with Crippen molar-refractivity contribution in [2.45, 2.75) is 19.1 Å². The van der Waals surface area contributed by atoms with Crippen molar-refractivity contribution in [3.8, 4) is 22.4 Å². The van der Waals surface area contributed by atoms with Crippen molar-refractivity contribution in [2.24, 2.45) is 0 Å². The number of carbonyl (C=O) groups excluding carboxylic acids is 1. The number of hydrogen-bond acceptors (Lipinski definition) is 5. The highest BCUT2D eigenvalue weighted by molar-refractivity contribution is 5.94. The van der Waals surface area contributed by atoms with E-state index >= 15 is 0 Å². The predicted octanol–water partition coefficient (Wildman–Crippen LogP) is 3.92. The number of nitrogens with zero attached hydrogens (tertiary/aromatic N) is 3. The second-order valence-corrected chi connectivity index (χ2v) is 7.67. The largest absolute Gasteiger partial charge is 0.386 e. The molecule has 32 heavy (non-hydrogen) atoms. The van der Waals surface area contributed by atoms with Crippen LogP contribution in [0.25, 0.3) is 22.4 Å². The lowest BCUT2D eigenvalue weighted by molar-refractivity contribution is 0.0482. The minimum absolute atomic E-state index is 0.158. The Morgan fingerprint density at radius 3 is 2.41 bits per heavy atom. The molecule has 2 aromatic carbocycles. The third kappa shape index (κ3) is 4.24. The van der Waals surface area contributed by atoms with Gasteiger partial charge in [0.05, 0.1) is 17.8 Å². The Morgan fingerprint density at radius 2 is 1.72 bits per heavy atom. The second-order valence-electron chi connectivity index (χ2n) is 7.67. The monoisotopic (exact) mass is 427 g/mol. The summed E-state index contributed by atoms with van der Waals surface area (Å²) in [6.45, 7) is 1.82. The predicted molar refractivity (Wildman–Crippen MR) is 125 cm³/mol. The van der Waals surface area contributed by atoms with Crippen molar-refractivity contribution in [1.82, 2.24) is 19.9 Å². The summed E-state index contributed by atoms with van der Waals surface area (Å²) in [6, 6.07) is 20.4. The second kappa shape index (κ2) is 9.03. The van der Waals surface area contributed by atoms with Crippen LogP contribution in [-0.2, 0) is 0 Å². The summed E-state index contributed by atoms with van der Waals surface area (Å²) in [5, 5.41) is 10.7. The van der Waals surface area contributed by atoms with E-state index in [4.69, 9.17) is 5.73 Å². The number of aliphatic hydroxyl groups excluding tert-OH is 1. The van der Waals surface area contributed by atoms with Gasteiger partial charge in [-0.1, -0.05) is 60.7 Å². The molecule has 0 aliphatic carbocycles. The molecule has 0 saturated carbocycles. The topological polar surface area (TPSA) is 108 Å². The van der Waals surface area contributed by atoms with E-state index in [2.05, 4.69) is 15.0 Å². The zero-order valence-corrected chi connectivity index (χ0v) is 17.9. The van der Waals surface area contributed by atoms with E-state index in [9.17, 15) is 9.90 Å². The smallest absolute Gasteiger partial charge is 0.270 e. The number of amides is 1. The molecule has 0 bridgehead atoms. The maximum atomic E-state index is 13.1. The average molecular weight is 428 g/mol. The summed E-state index contributed by atoms with van der Waals surface area (Å²) in [6.07, 6.45) is 2.62. The summed E-state index contributed by atoms with van der Waals surface area (Å²) >= 11 is 0.